The molecule has 0 N–H and O–H groups in total. The Hall–Kier alpha value is -3.20. The smallest absolute Gasteiger partial charge is 0.314 e. The van der Waals surface area contributed by atoms with Crippen molar-refractivity contribution in [2.75, 3.05) is 0 Å². The van der Waals surface area contributed by atoms with Gasteiger partial charge in [-0.15, -0.1) is 12.1 Å². The van der Waals surface area contributed by atoms with Gasteiger partial charge in [-0.2, -0.15) is 30.3 Å². The summed E-state index contributed by atoms with van der Waals surface area (Å²) in [6, 6.07) is 35.8. The van der Waals surface area contributed by atoms with Crippen LogP contribution in [-0.4, -0.2) is 14.5 Å². The van der Waals surface area contributed by atoms with E-state index in [1.165, 1.54) is 17.1 Å². The van der Waals surface area contributed by atoms with E-state index in [4.69, 9.17) is 1.37 Å². The normalized spacial score (nSPS) is 11.3. The van der Waals surface area contributed by atoms with Gasteiger partial charge in [-0.1, -0.05) is 52.4 Å². The Labute approximate surface area is 212 Å². The maximum Gasteiger partial charge on any atom is 2.00 e. The molecule has 3 aromatic carbocycles. The van der Waals surface area contributed by atoms with E-state index >= 15 is 0 Å². The van der Waals surface area contributed by atoms with Crippen LogP contribution in [0.15, 0.2) is 113 Å². The maximum atomic E-state index is 7.61. The van der Waals surface area contributed by atoms with Crippen molar-refractivity contribution in [1.82, 2.24) is 14.5 Å². The third kappa shape index (κ3) is 4.13. The van der Waals surface area contributed by atoms with Gasteiger partial charge in [-0.25, -0.2) is 21.1 Å². The van der Waals surface area contributed by atoms with Gasteiger partial charge in [0.15, 0.2) is 0 Å². The van der Waals surface area contributed by atoms with Crippen LogP contribution in [0.1, 0.15) is 1.37 Å². The first kappa shape index (κ1) is 20.4. The second-order valence-corrected chi connectivity index (χ2v) is 8.36. The van der Waals surface area contributed by atoms with E-state index in [1.54, 1.807) is 12.3 Å². The maximum absolute atomic E-state index is 7.61. The number of hydrogen-bond acceptors (Lipinski definition) is 3. The third-order valence-corrected chi connectivity index (χ3v) is 6.23. The van der Waals surface area contributed by atoms with Crippen LogP contribution in [0, 0.1) is 12.1 Å². The molecule has 0 saturated carbocycles. The van der Waals surface area contributed by atoms with Crippen LogP contribution in [-0.2, 0) is 21.1 Å². The van der Waals surface area contributed by atoms with Gasteiger partial charge in [0.2, 0.25) is 0 Å². The van der Waals surface area contributed by atoms with Gasteiger partial charge in [-0.05, 0) is 41.2 Å². The van der Waals surface area contributed by atoms with Crippen LogP contribution in [0.5, 0.6) is 0 Å². The van der Waals surface area contributed by atoms with Crippen LogP contribution in [0.3, 0.4) is 0 Å². The minimum absolute atomic E-state index is 0. The summed E-state index contributed by atoms with van der Waals surface area (Å²) in [5.74, 6) is 0.870. The first-order valence-corrected chi connectivity index (χ1v) is 11.1. The van der Waals surface area contributed by atoms with E-state index in [0.29, 0.717) is 6.04 Å². The Morgan fingerprint density at radius 2 is 1.61 bits per heavy atom. The second-order valence-electron chi connectivity index (χ2n) is 7.30. The van der Waals surface area contributed by atoms with Crippen molar-refractivity contribution in [3.63, 3.8) is 0 Å². The second kappa shape index (κ2) is 9.35. The predicted octanol–water partition coefficient (Wildman–Crippen LogP) is 6.99. The molecular weight excluding hydrogens is 605 g/mol. The van der Waals surface area contributed by atoms with Crippen molar-refractivity contribution >= 4 is 33.6 Å². The van der Waals surface area contributed by atoms with Gasteiger partial charge in [0, 0.05) is 17.9 Å². The molecule has 0 amide bonds. The van der Waals surface area contributed by atoms with E-state index < -0.39 is 0 Å². The average molecular weight is 624 g/mol. The summed E-state index contributed by atoms with van der Waals surface area (Å²) in [4.78, 5) is 9.90. The van der Waals surface area contributed by atoms with Crippen LogP contribution < -0.4 is 0 Å². The standard InChI is InChI=1S/C28H17N3S.Pt/c1-2-11-25-23(10-1)24-15-14-21(19-26(24)31(25)27-12-3-5-16-29-27)20-8-7-9-22(18-20)32-28-13-4-6-17-30-28;/h1-17H;/q-2;+2/i6D;. The number of benzene rings is 3. The van der Waals surface area contributed by atoms with E-state index in [9.17, 15) is 0 Å². The summed E-state index contributed by atoms with van der Waals surface area (Å²) in [6.45, 7) is 0. The molecule has 0 bridgehead atoms. The topological polar surface area (TPSA) is 30.7 Å². The number of fused-ring (bicyclic) bond motifs is 3. The van der Waals surface area contributed by atoms with Crippen molar-refractivity contribution < 1.29 is 22.4 Å². The predicted molar refractivity (Wildman–Crippen MR) is 130 cm³/mol. The summed E-state index contributed by atoms with van der Waals surface area (Å²) < 4.78 is 9.78. The zero-order chi connectivity index (χ0) is 22.2. The van der Waals surface area contributed by atoms with Gasteiger partial charge in [-0.3, -0.25) is 0 Å². The number of nitrogens with zero attached hydrogens (tertiary/aromatic N) is 3. The van der Waals surface area contributed by atoms with Crippen molar-refractivity contribution in [3.8, 4) is 16.9 Å². The monoisotopic (exact) mass is 623 g/mol. The fourth-order valence-electron chi connectivity index (χ4n) is 3.92. The van der Waals surface area contributed by atoms with E-state index in [-0.39, 0.29) is 21.1 Å². The van der Waals surface area contributed by atoms with Crippen molar-refractivity contribution in [3.05, 3.63) is 115 Å². The quantitative estimate of drug-likeness (QED) is 0.199. The molecule has 160 valence electrons. The molecule has 0 aliphatic carbocycles. The van der Waals surface area contributed by atoms with E-state index in [0.717, 1.165) is 43.3 Å². The van der Waals surface area contributed by atoms with Crippen LogP contribution in [0.4, 0.5) is 0 Å². The molecule has 0 spiro atoms. The number of rotatable bonds is 4. The Kier molecular flexibility index (Phi) is 5.78. The summed E-state index contributed by atoms with van der Waals surface area (Å²) >= 11 is 1.53. The van der Waals surface area contributed by atoms with Crippen LogP contribution in [0.2, 0.25) is 0 Å². The minimum Gasteiger partial charge on any atom is -0.314 e. The van der Waals surface area contributed by atoms with Crippen LogP contribution >= 0.6 is 11.8 Å². The SMILES string of the molecule is [2H]c1ccc(Sc2[c-]c(-c3[c-]c4c(cc3)c3ccccc3n4-c3ccccn3)ccc2)nc1.[Pt+2]. The number of para-hydroxylation sites is 1. The van der Waals surface area contributed by atoms with Gasteiger partial charge in [0.25, 0.3) is 0 Å². The molecule has 6 aromatic rings. The third-order valence-electron chi connectivity index (χ3n) is 5.32. The van der Waals surface area contributed by atoms with Crippen LogP contribution in [0.25, 0.3) is 38.8 Å². The molecule has 0 atom stereocenters. The Morgan fingerprint density at radius 1 is 0.727 bits per heavy atom. The number of aromatic nitrogens is 3. The minimum atomic E-state index is 0. The molecule has 6 rings (SSSR count). The molecule has 0 fully saturated rings. The first-order valence-electron chi connectivity index (χ1n) is 10.8. The van der Waals surface area contributed by atoms with E-state index in [2.05, 4.69) is 69.1 Å². The zero-order valence-electron chi connectivity index (χ0n) is 18.3. The zero-order valence-corrected chi connectivity index (χ0v) is 20.4. The molecule has 5 heteroatoms. The molecular formula is C28H17N3PtS. The Bertz CT molecular complexity index is 1600. The summed E-state index contributed by atoms with van der Waals surface area (Å²) in [5, 5.41) is 3.16. The fraction of sp³-hybridized carbons (Fsp3) is 0. The number of pyridine rings is 2. The van der Waals surface area contributed by atoms with Gasteiger partial charge in [0.1, 0.15) is 5.82 Å². The summed E-state index contributed by atoms with van der Waals surface area (Å²) in [6.07, 6.45) is 3.37. The number of hydrogen-bond donors (Lipinski definition) is 0. The molecule has 3 nitrogen and oxygen atoms in total. The molecule has 33 heavy (non-hydrogen) atoms. The summed E-state index contributed by atoms with van der Waals surface area (Å²) in [5.41, 5.74) is 4.04. The fourth-order valence-corrected chi connectivity index (χ4v) is 4.69. The molecule has 0 unspecified atom stereocenters. The van der Waals surface area contributed by atoms with Gasteiger partial charge >= 0.3 is 21.1 Å². The largest absolute Gasteiger partial charge is 2.00 e. The van der Waals surface area contributed by atoms with Crippen molar-refractivity contribution in [1.29, 1.82) is 0 Å². The molecule has 0 aliphatic rings. The average Bonchev–Trinajstić information content (AvgIpc) is 3.20. The molecule has 3 aromatic heterocycles. The first-order chi connectivity index (χ1) is 16.3. The molecule has 0 aliphatic heterocycles. The Balaban J connectivity index is 0.00000241. The van der Waals surface area contributed by atoms with Crippen molar-refractivity contribution in [2.45, 2.75) is 9.92 Å². The van der Waals surface area contributed by atoms with E-state index in [1.807, 2.05) is 42.6 Å². The molecule has 3 heterocycles. The Morgan fingerprint density at radius 3 is 2.45 bits per heavy atom. The van der Waals surface area contributed by atoms with Gasteiger partial charge < -0.3 is 4.57 Å². The molecule has 0 saturated heterocycles. The summed E-state index contributed by atoms with van der Waals surface area (Å²) in [7, 11) is 0. The molecule has 0 radical (unpaired) electrons. The van der Waals surface area contributed by atoms with Crippen molar-refractivity contribution in [2.24, 2.45) is 0 Å². The van der Waals surface area contributed by atoms with Gasteiger partial charge in [0.05, 0.1) is 6.40 Å².